The second kappa shape index (κ2) is 9.91. The largest absolute Gasteiger partial charge is 0.368 e. The van der Waals surface area contributed by atoms with E-state index < -0.39 is 0 Å². The fourth-order valence-electron chi connectivity index (χ4n) is 3.98. The van der Waals surface area contributed by atoms with Crippen molar-refractivity contribution in [3.05, 3.63) is 48.0 Å². The molecular formula is C22H29FN6O2. The van der Waals surface area contributed by atoms with Crippen LogP contribution >= 0.6 is 0 Å². The Bertz CT molecular complexity index is 899. The van der Waals surface area contributed by atoms with E-state index in [1.807, 2.05) is 17.2 Å². The molecule has 0 spiro atoms. The van der Waals surface area contributed by atoms with E-state index in [9.17, 15) is 9.18 Å². The third-order valence-electron chi connectivity index (χ3n) is 5.71. The molecule has 2 fully saturated rings. The highest BCUT2D eigenvalue weighted by Gasteiger charge is 2.30. The summed E-state index contributed by atoms with van der Waals surface area (Å²) in [7, 11) is 1.77. The van der Waals surface area contributed by atoms with Gasteiger partial charge in [-0.3, -0.25) is 9.79 Å². The number of carbonyl (C=O) groups excluding carboxylic acids is 1. The summed E-state index contributed by atoms with van der Waals surface area (Å²) in [5.74, 6) is 0.697. The maximum Gasteiger partial charge on any atom is 0.251 e. The van der Waals surface area contributed by atoms with Crippen molar-refractivity contribution in [1.82, 2.24) is 24.9 Å². The van der Waals surface area contributed by atoms with Crippen LogP contribution in [0.3, 0.4) is 0 Å². The van der Waals surface area contributed by atoms with Gasteiger partial charge in [0.15, 0.2) is 5.96 Å². The van der Waals surface area contributed by atoms with Crippen molar-refractivity contribution in [3.63, 3.8) is 0 Å². The molecule has 1 amide bonds. The Morgan fingerprint density at radius 3 is 2.61 bits per heavy atom. The second-order valence-corrected chi connectivity index (χ2v) is 7.77. The van der Waals surface area contributed by atoms with Gasteiger partial charge in [0.2, 0.25) is 0 Å². The maximum atomic E-state index is 13.1. The molecule has 1 unspecified atom stereocenters. The zero-order valence-corrected chi connectivity index (χ0v) is 17.8. The fraction of sp³-hybridized carbons (Fsp3) is 0.500. The number of hydrogen-bond acceptors (Lipinski definition) is 4. The molecule has 166 valence electrons. The average Bonchev–Trinajstić information content (AvgIpc) is 3.50. The van der Waals surface area contributed by atoms with Crippen LogP contribution in [0.4, 0.5) is 4.39 Å². The van der Waals surface area contributed by atoms with Crippen LogP contribution in [0.25, 0.3) is 5.69 Å². The first-order valence-corrected chi connectivity index (χ1v) is 10.8. The van der Waals surface area contributed by atoms with Gasteiger partial charge in [0, 0.05) is 59.0 Å². The van der Waals surface area contributed by atoms with Gasteiger partial charge in [-0.25, -0.2) is 9.07 Å². The van der Waals surface area contributed by atoms with Crippen LogP contribution < -0.4 is 5.32 Å². The SMILES string of the molecule is CN=C(NCCc1ccn(-c2ccc(F)cc2)n1)N1CCN(C(=O)C2CCCO2)CC1. The number of piperazine rings is 1. The first-order chi connectivity index (χ1) is 15.1. The van der Waals surface area contributed by atoms with Gasteiger partial charge in [0.1, 0.15) is 11.9 Å². The molecule has 1 aromatic carbocycles. The lowest BCUT2D eigenvalue weighted by atomic mass is 10.2. The van der Waals surface area contributed by atoms with Crippen LogP contribution in [0.5, 0.6) is 0 Å². The lowest BCUT2D eigenvalue weighted by molar-refractivity contribution is -0.142. The van der Waals surface area contributed by atoms with Crippen LogP contribution in [0.2, 0.25) is 0 Å². The highest BCUT2D eigenvalue weighted by molar-refractivity contribution is 5.82. The Morgan fingerprint density at radius 1 is 1.19 bits per heavy atom. The number of ether oxygens (including phenoxy) is 1. The van der Waals surface area contributed by atoms with Crippen molar-refractivity contribution in [3.8, 4) is 5.69 Å². The molecule has 0 saturated carbocycles. The Kier molecular flexibility index (Phi) is 6.81. The lowest BCUT2D eigenvalue weighted by Gasteiger charge is -2.37. The average molecular weight is 429 g/mol. The number of halogens is 1. The molecule has 4 rings (SSSR count). The van der Waals surface area contributed by atoms with Crippen LogP contribution in [0.15, 0.2) is 41.5 Å². The predicted molar refractivity (Wildman–Crippen MR) is 116 cm³/mol. The number of rotatable bonds is 5. The van der Waals surface area contributed by atoms with E-state index in [4.69, 9.17) is 4.74 Å². The number of hydrogen-bond donors (Lipinski definition) is 1. The topological polar surface area (TPSA) is 75.0 Å². The van der Waals surface area contributed by atoms with Gasteiger partial charge in [0.25, 0.3) is 5.91 Å². The van der Waals surface area contributed by atoms with Crippen molar-refractivity contribution < 1.29 is 13.9 Å². The first-order valence-electron chi connectivity index (χ1n) is 10.8. The summed E-state index contributed by atoms with van der Waals surface area (Å²) in [5.41, 5.74) is 1.77. The summed E-state index contributed by atoms with van der Waals surface area (Å²) in [5, 5.41) is 7.95. The number of carbonyl (C=O) groups is 1. The minimum atomic E-state index is -0.260. The zero-order valence-electron chi connectivity index (χ0n) is 17.8. The van der Waals surface area contributed by atoms with Crippen LogP contribution in [-0.4, -0.2) is 83.9 Å². The Labute approximate surface area is 181 Å². The molecule has 2 saturated heterocycles. The number of guanidine groups is 1. The summed E-state index contributed by atoms with van der Waals surface area (Å²) in [6.07, 6.45) is 4.17. The number of amides is 1. The first kappa shape index (κ1) is 21.3. The van der Waals surface area contributed by atoms with E-state index in [2.05, 4.69) is 20.3 Å². The fourth-order valence-corrected chi connectivity index (χ4v) is 3.98. The number of aliphatic imine (C=N–C) groups is 1. The number of nitrogens with zero attached hydrogens (tertiary/aromatic N) is 5. The van der Waals surface area contributed by atoms with Gasteiger partial charge in [-0.05, 0) is 43.2 Å². The molecule has 2 aliphatic heterocycles. The van der Waals surface area contributed by atoms with E-state index in [1.165, 1.54) is 12.1 Å². The van der Waals surface area contributed by atoms with Gasteiger partial charge in [-0.15, -0.1) is 0 Å². The molecule has 2 aromatic rings. The van der Waals surface area contributed by atoms with Gasteiger partial charge in [0.05, 0.1) is 11.4 Å². The summed E-state index contributed by atoms with van der Waals surface area (Å²) >= 11 is 0. The quantitative estimate of drug-likeness (QED) is 0.577. The number of nitrogens with one attached hydrogen (secondary N) is 1. The zero-order chi connectivity index (χ0) is 21.6. The third kappa shape index (κ3) is 5.22. The molecule has 2 aliphatic rings. The summed E-state index contributed by atoms with van der Waals surface area (Å²) < 4.78 is 20.4. The summed E-state index contributed by atoms with van der Waals surface area (Å²) in [6, 6.07) is 8.22. The Hall–Kier alpha value is -2.94. The van der Waals surface area contributed by atoms with E-state index in [-0.39, 0.29) is 17.8 Å². The molecule has 3 heterocycles. The van der Waals surface area contributed by atoms with Crippen LogP contribution in [0.1, 0.15) is 18.5 Å². The minimum absolute atomic E-state index is 0.122. The van der Waals surface area contributed by atoms with Crippen molar-refractivity contribution in [2.24, 2.45) is 4.99 Å². The van der Waals surface area contributed by atoms with E-state index in [1.54, 1.807) is 23.9 Å². The molecule has 31 heavy (non-hydrogen) atoms. The maximum absolute atomic E-state index is 13.1. The lowest BCUT2D eigenvalue weighted by Crippen LogP contribution is -2.55. The molecule has 1 N–H and O–H groups in total. The molecule has 0 radical (unpaired) electrons. The summed E-state index contributed by atoms with van der Waals surface area (Å²) in [6.45, 7) is 4.24. The Balaban J connectivity index is 1.23. The second-order valence-electron chi connectivity index (χ2n) is 7.77. The van der Waals surface area contributed by atoms with Crippen LogP contribution in [-0.2, 0) is 16.0 Å². The highest BCUT2D eigenvalue weighted by atomic mass is 19.1. The van der Waals surface area contributed by atoms with Crippen molar-refractivity contribution in [2.75, 3.05) is 46.4 Å². The predicted octanol–water partition coefficient (Wildman–Crippen LogP) is 1.45. The van der Waals surface area contributed by atoms with E-state index >= 15 is 0 Å². The molecule has 9 heteroatoms. The standard InChI is InChI=1S/C22H29FN6O2/c1-24-22(28-14-12-27(13-15-28)21(30)20-3-2-16-31-20)25-10-8-18-9-11-29(26-18)19-6-4-17(23)5-7-19/h4-7,9,11,20H,2-3,8,10,12-16H2,1H3,(H,24,25). The normalized spacial score (nSPS) is 19.7. The van der Waals surface area contributed by atoms with Crippen molar-refractivity contribution >= 4 is 11.9 Å². The van der Waals surface area contributed by atoms with E-state index in [0.717, 1.165) is 49.7 Å². The highest BCUT2D eigenvalue weighted by Crippen LogP contribution is 2.16. The third-order valence-corrected chi connectivity index (χ3v) is 5.71. The van der Waals surface area contributed by atoms with Crippen LogP contribution in [0, 0.1) is 5.82 Å². The van der Waals surface area contributed by atoms with Crippen molar-refractivity contribution in [2.45, 2.75) is 25.4 Å². The monoisotopic (exact) mass is 428 g/mol. The molecule has 1 atom stereocenters. The smallest absolute Gasteiger partial charge is 0.251 e. The number of benzene rings is 1. The molecule has 1 aromatic heterocycles. The van der Waals surface area contributed by atoms with E-state index in [0.29, 0.717) is 26.2 Å². The van der Waals surface area contributed by atoms with Gasteiger partial charge >= 0.3 is 0 Å². The van der Waals surface area contributed by atoms with Crippen molar-refractivity contribution in [1.29, 1.82) is 0 Å². The molecule has 0 aliphatic carbocycles. The van der Waals surface area contributed by atoms with Gasteiger partial charge in [-0.2, -0.15) is 5.10 Å². The summed E-state index contributed by atoms with van der Waals surface area (Å²) in [4.78, 5) is 21.0. The Morgan fingerprint density at radius 2 is 1.94 bits per heavy atom. The molecule has 0 bridgehead atoms. The minimum Gasteiger partial charge on any atom is -0.368 e. The molecule has 8 nitrogen and oxygen atoms in total. The van der Waals surface area contributed by atoms with Gasteiger partial charge < -0.3 is 19.9 Å². The van der Waals surface area contributed by atoms with Gasteiger partial charge in [-0.1, -0.05) is 0 Å². The number of aromatic nitrogens is 2. The molecular weight excluding hydrogens is 399 g/mol.